The number of hydroxylamine groups is 1. The van der Waals surface area contributed by atoms with Gasteiger partial charge in [-0.25, -0.2) is 5.48 Å². The molecule has 0 bridgehead atoms. The monoisotopic (exact) mass is 237 g/mol. The molecule has 1 rings (SSSR count). The first-order chi connectivity index (χ1) is 8.30. The molecule has 0 atom stereocenters. The van der Waals surface area contributed by atoms with Crippen LogP contribution in [0.5, 0.6) is 11.5 Å². The third kappa shape index (κ3) is 4.89. The standard InChI is InChI=1S/C13H19NO3/c1-4-7-17-14-6-5-11-8-12(15-2)10-13(9-11)16-3/h4,8-10,14H,1,5-7H2,2-3H3. The third-order valence-electron chi connectivity index (χ3n) is 2.23. The van der Waals surface area contributed by atoms with Crippen LogP contribution in [0.1, 0.15) is 5.56 Å². The van der Waals surface area contributed by atoms with Crippen molar-refractivity contribution in [3.05, 3.63) is 36.4 Å². The molecule has 0 aliphatic heterocycles. The Bertz CT molecular complexity index is 330. The number of ether oxygens (including phenoxy) is 2. The summed E-state index contributed by atoms with van der Waals surface area (Å²) >= 11 is 0. The fourth-order valence-electron chi connectivity index (χ4n) is 1.40. The summed E-state index contributed by atoms with van der Waals surface area (Å²) in [5.74, 6) is 1.60. The van der Waals surface area contributed by atoms with Gasteiger partial charge in [-0.05, 0) is 24.1 Å². The van der Waals surface area contributed by atoms with E-state index in [0.29, 0.717) is 6.61 Å². The Morgan fingerprint density at radius 3 is 2.35 bits per heavy atom. The summed E-state index contributed by atoms with van der Waals surface area (Å²) in [4.78, 5) is 5.09. The SMILES string of the molecule is C=CCONCCc1cc(OC)cc(OC)c1. The van der Waals surface area contributed by atoms with Crippen LogP contribution in [0.25, 0.3) is 0 Å². The highest BCUT2D eigenvalue weighted by Crippen LogP contribution is 2.22. The Labute approximate surface area is 102 Å². The topological polar surface area (TPSA) is 39.7 Å². The van der Waals surface area contributed by atoms with E-state index in [4.69, 9.17) is 14.3 Å². The van der Waals surface area contributed by atoms with Crippen molar-refractivity contribution in [1.29, 1.82) is 0 Å². The molecular weight excluding hydrogens is 218 g/mol. The molecule has 17 heavy (non-hydrogen) atoms. The molecule has 1 aromatic rings. The molecule has 4 nitrogen and oxygen atoms in total. The second kappa shape index (κ2) is 7.70. The van der Waals surface area contributed by atoms with E-state index in [1.165, 1.54) is 0 Å². The zero-order valence-corrected chi connectivity index (χ0v) is 10.4. The van der Waals surface area contributed by atoms with Gasteiger partial charge in [-0.1, -0.05) is 6.08 Å². The van der Waals surface area contributed by atoms with Crippen molar-refractivity contribution < 1.29 is 14.3 Å². The Kier molecular flexibility index (Phi) is 6.14. The second-order valence-electron chi connectivity index (χ2n) is 3.46. The van der Waals surface area contributed by atoms with Gasteiger partial charge >= 0.3 is 0 Å². The predicted molar refractivity (Wildman–Crippen MR) is 67.4 cm³/mol. The van der Waals surface area contributed by atoms with Gasteiger partial charge in [-0.3, -0.25) is 4.84 Å². The zero-order valence-electron chi connectivity index (χ0n) is 10.4. The predicted octanol–water partition coefficient (Wildman–Crippen LogP) is 1.95. The maximum Gasteiger partial charge on any atom is 0.122 e. The first-order valence-electron chi connectivity index (χ1n) is 5.47. The molecule has 0 aliphatic carbocycles. The van der Waals surface area contributed by atoms with Gasteiger partial charge in [0, 0.05) is 12.6 Å². The van der Waals surface area contributed by atoms with Crippen molar-refractivity contribution in [3.63, 3.8) is 0 Å². The summed E-state index contributed by atoms with van der Waals surface area (Å²) in [6.07, 6.45) is 2.53. The summed E-state index contributed by atoms with van der Waals surface area (Å²) in [5, 5.41) is 0. The van der Waals surface area contributed by atoms with E-state index in [9.17, 15) is 0 Å². The van der Waals surface area contributed by atoms with E-state index in [-0.39, 0.29) is 0 Å². The Morgan fingerprint density at radius 2 is 1.82 bits per heavy atom. The summed E-state index contributed by atoms with van der Waals surface area (Å²) in [6, 6.07) is 5.82. The average molecular weight is 237 g/mol. The lowest BCUT2D eigenvalue weighted by molar-refractivity contribution is 0.0636. The fraction of sp³-hybridized carbons (Fsp3) is 0.385. The quantitative estimate of drug-likeness (QED) is 0.426. The van der Waals surface area contributed by atoms with Gasteiger partial charge in [0.25, 0.3) is 0 Å². The van der Waals surface area contributed by atoms with Crippen LogP contribution in [0.4, 0.5) is 0 Å². The van der Waals surface area contributed by atoms with Gasteiger partial charge in [0.05, 0.1) is 20.8 Å². The maximum atomic E-state index is 5.20. The summed E-state index contributed by atoms with van der Waals surface area (Å²) in [5.41, 5.74) is 3.99. The maximum absolute atomic E-state index is 5.20. The number of benzene rings is 1. The average Bonchev–Trinajstić information content (AvgIpc) is 2.38. The molecule has 0 amide bonds. The lowest BCUT2D eigenvalue weighted by atomic mass is 10.1. The lowest BCUT2D eigenvalue weighted by Gasteiger charge is -2.08. The molecule has 0 unspecified atom stereocenters. The molecule has 0 saturated carbocycles. The fourth-order valence-corrected chi connectivity index (χ4v) is 1.40. The van der Waals surface area contributed by atoms with Gasteiger partial charge in [0.15, 0.2) is 0 Å². The van der Waals surface area contributed by atoms with E-state index < -0.39 is 0 Å². The van der Waals surface area contributed by atoms with Crippen LogP contribution < -0.4 is 15.0 Å². The van der Waals surface area contributed by atoms with E-state index in [2.05, 4.69) is 12.1 Å². The number of hydrogen-bond acceptors (Lipinski definition) is 4. The van der Waals surface area contributed by atoms with Crippen LogP contribution in [0, 0.1) is 0 Å². The lowest BCUT2D eigenvalue weighted by Crippen LogP contribution is -2.17. The van der Waals surface area contributed by atoms with Crippen LogP contribution in [-0.4, -0.2) is 27.4 Å². The molecular formula is C13H19NO3. The van der Waals surface area contributed by atoms with E-state index >= 15 is 0 Å². The Hall–Kier alpha value is -1.52. The first kappa shape index (κ1) is 13.5. The summed E-state index contributed by atoms with van der Waals surface area (Å²) in [7, 11) is 3.29. The number of hydrogen-bond donors (Lipinski definition) is 1. The van der Waals surface area contributed by atoms with Crippen LogP contribution >= 0.6 is 0 Å². The Balaban J connectivity index is 2.48. The summed E-state index contributed by atoms with van der Waals surface area (Å²) < 4.78 is 10.4. The molecule has 94 valence electrons. The molecule has 4 heteroatoms. The molecule has 0 aromatic heterocycles. The van der Waals surface area contributed by atoms with Crippen LogP contribution in [0.15, 0.2) is 30.9 Å². The molecule has 0 spiro atoms. The molecule has 0 aliphatic rings. The second-order valence-corrected chi connectivity index (χ2v) is 3.46. The molecule has 0 heterocycles. The van der Waals surface area contributed by atoms with Crippen LogP contribution in [0.3, 0.4) is 0 Å². The van der Waals surface area contributed by atoms with Crippen molar-refractivity contribution in [2.45, 2.75) is 6.42 Å². The van der Waals surface area contributed by atoms with E-state index in [0.717, 1.165) is 30.0 Å². The van der Waals surface area contributed by atoms with Crippen molar-refractivity contribution in [2.75, 3.05) is 27.4 Å². The highest BCUT2D eigenvalue weighted by molar-refractivity contribution is 5.38. The number of nitrogens with one attached hydrogen (secondary N) is 1. The molecule has 0 radical (unpaired) electrons. The minimum absolute atomic E-state index is 0.501. The van der Waals surface area contributed by atoms with Gasteiger partial charge in [0.1, 0.15) is 11.5 Å². The molecule has 1 aromatic carbocycles. The van der Waals surface area contributed by atoms with Crippen LogP contribution in [0.2, 0.25) is 0 Å². The summed E-state index contributed by atoms with van der Waals surface area (Å²) in [6.45, 7) is 4.79. The van der Waals surface area contributed by atoms with Crippen molar-refractivity contribution in [3.8, 4) is 11.5 Å². The van der Waals surface area contributed by atoms with Crippen molar-refractivity contribution in [1.82, 2.24) is 5.48 Å². The molecule has 0 saturated heterocycles. The normalized spacial score (nSPS) is 10.0. The molecule has 0 fully saturated rings. The third-order valence-corrected chi connectivity index (χ3v) is 2.23. The van der Waals surface area contributed by atoms with Gasteiger partial charge in [0.2, 0.25) is 0 Å². The molecule has 1 N–H and O–H groups in total. The minimum Gasteiger partial charge on any atom is -0.497 e. The minimum atomic E-state index is 0.501. The first-order valence-corrected chi connectivity index (χ1v) is 5.47. The van der Waals surface area contributed by atoms with Gasteiger partial charge in [-0.15, -0.1) is 6.58 Å². The zero-order chi connectivity index (χ0) is 12.5. The van der Waals surface area contributed by atoms with Gasteiger partial charge < -0.3 is 9.47 Å². The van der Waals surface area contributed by atoms with E-state index in [1.807, 2.05) is 18.2 Å². The number of methoxy groups -OCH3 is 2. The highest BCUT2D eigenvalue weighted by Gasteiger charge is 2.01. The van der Waals surface area contributed by atoms with Crippen molar-refractivity contribution >= 4 is 0 Å². The van der Waals surface area contributed by atoms with Crippen LogP contribution in [-0.2, 0) is 11.3 Å². The smallest absolute Gasteiger partial charge is 0.122 e. The van der Waals surface area contributed by atoms with Gasteiger partial charge in [-0.2, -0.15) is 0 Å². The highest BCUT2D eigenvalue weighted by atomic mass is 16.6. The van der Waals surface area contributed by atoms with Crippen molar-refractivity contribution in [2.24, 2.45) is 0 Å². The largest absolute Gasteiger partial charge is 0.497 e. The Morgan fingerprint density at radius 1 is 1.18 bits per heavy atom. The number of rotatable bonds is 8. The van der Waals surface area contributed by atoms with E-state index in [1.54, 1.807) is 20.3 Å².